The Bertz CT molecular complexity index is 50.1. The monoisotopic (exact) mass is 234 g/mol. The fraction of sp³-hybridized carbons (Fsp3) is 1.00. The minimum Gasteiger partial charge on any atom is -0.396 e. The lowest BCUT2D eigenvalue weighted by atomic mass is 10.9. The quantitative estimate of drug-likeness (QED) is 0.716. The Morgan fingerprint density at radius 1 is 1.57 bits per heavy atom. The molecule has 46 valence electrons. The molecule has 0 spiro atoms. The Morgan fingerprint density at radius 2 is 2.00 bits per heavy atom. The number of hydrogen-bond donors (Lipinski definition) is 1. The first-order valence-electron chi connectivity index (χ1n) is 2.08. The number of halogens is 1. The van der Waals surface area contributed by atoms with Gasteiger partial charge in [0.05, 0.1) is 6.61 Å². The highest BCUT2D eigenvalue weighted by molar-refractivity contribution is 14.2. The second-order valence-corrected chi connectivity index (χ2v) is 12.2. The van der Waals surface area contributed by atoms with E-state index in [1.165, 1.54) is 0 Å². The topological polar surface area (TPSA) is 20.2 Å². The van der Waals surface area contributed by atoms with Crippen LogP contribution in [0.5, 0.6) is 0 Å². The molecular weight excluding hydrogens is 223 g/mol. The van der Waals surface area contributed by atoms with Crippen LogP contribution < -0.4 is 0 Å². The summed E-state index contributed by atoms with van der Waals surface area (Å²) in [6.07, 6.45) is 4.37. The maximum Gasteiger partial charge on any atom is 0.0513 e. The van der Waals surface area contributed by atoms with Crippen LogP contribution in [0.3, 0.4) is 0 Å². The summed E-state index contributed by atoms with van der Waals surface area (Å²) < 4.78 is 0. The molecular formula is C4H11IOS. The van der Waals surface area contributed by atoms with Crippen molar-refractivity contribution in [1.29, 1.82) is 0 Å². The van der Waals surface area contributed by atoms with Crippen molar-refractivity contribution in [3.8, 4) is 0 Å². The summed E-state index contributed by atoms with van der Waals surface area (Å²) in [4.78, 5) is 0. The fourth-order valence-electron chi connectivity index (χ4n) is 0.217. The molecule has 0 heterocycles. The van der Waals surface area contributed by atoms with E-state index in [0.717, 1.165) is 5.75 Å². The summed E-state index contributed by atoms with van der Waals surface area (Å²) in [6.45, 7) is 0.339. The van der Waals surface area contributed by atoms with Crippen LogP contribution in [-0.2, 0) is 0 Å². The minimum atomic E-state index is -0.454. The van der Waals surface area contributed by atoms with Gasteiger partial charge in [0.25, 0.3) is 0 Å². The zero-order valence-electron chi connectivity index (χ0n) is 4.65. The number of aliphatic hydroxyl groups is 1. The predicted molar refractivity (Wildman–Crippen MR) is 45.4 cm³/mol. The van der Waals surface area contributed by atoms with Crippen molar-refractivity contribution >= 4 is 28.4 Å². The highest BCUT2D eigenvalue weighted by Crippen LogP contribution is 2.47. The third-order valence-electron chi connectivity index (χ3n) is 0.577. The highest BCUT2D eigenvalue weighted by atomic mass is 127. The van der Waals surface area contributed by atoms with Crippen molar-refractivity contribution < 1.29 is 5.11 Å². The van der Waals surface area contributed by atoms with Gasteiger partial charge in [0.15, 0.2) is 0 Å². The van der Waals surface area contributed by atoms with Crippen LogP contribution in [0.4, 0.5) is 0 Å². The molecule has 0 bridgehead atoms. The Hall–Kier alpha value is 1.04. The van der Waals surface area contributed by atoms with E-state index in [4.69, 9.17) is 5.11 Å². The average Bonchev–Trinajstić information content (AvgIpc) is 1.30. The van der Waals surface area contributed by atoms with Crippen LogP contribution in [0.2, 0.25) is 0 Å². The van der Waals surface area contributed by atoms with Crippen molar-refractivity contribution in [3.05, 3.63) is 0 Å². The van der Waals surface area contributed by atoms with E-state index >= 15 is 0 Å². The fourth-order valence-corrected chi connectivity index (χ4v) is 1.24. The Balaban J connectivity index is 3.15. The molecule has 0 saturated heterocycles. The van der Waals surface area contributed by atoms with Gasteiger partial charge in [-0.3, -0.25) is 0 Å². The van der Waals surface area contributed by atoms with E-state index in [2.05, 4.69) is 33.7 Å². The summed E-state index contributed by atoms with van der Waals surface area (Å²) in [7, 11) is -0.454. The lowest BCUT2D eigenvalue weighted by molar-refractivity contribution is 0.322. The molecule has 0 aromatic heterocycles. The van der Waals surface area contributed by atoms with Gasteiger partial charge < -0.3 is 5.11 Å². The van der Waals surface area contributed by atoms with Gasteiger partial charge in [0.1, 0.15) is 0 Å². The molecule has 0 atom stereocenters. The van der Waals surface area contributed by atoms with Crippen LogP contribution >= 0.6 is 28.4 Å². The molecule has 0 radical (unpaired) electrons. The van der Waals surface area contributed by atoms with E-state index in [9.17, 15) is 0 Å². The SMILES string of the molecule is CS(C)(I)CCO. The second-order valence-electron chi connectivity index (χ2n) is 1.83. The smallest absolute Gasteiger partial charge is 0.0513 e. The molecule has 0 aromatic rings. The van der Waals surface area contributed by atoms with Crippen molar-refractivity contribution in [2.75, 3.05) is 24.9 Å². The normalized spacial score (nSPS) is 14.3. The first-order valence-corrected chi connectivity index (χ1v) is 7.24. The van der Waals surface area contributed by atoms with Crippen molar-refractivity contribution in [3.63, 3.8) is 0 Å². The van der Waals surface area contributed by atoms with Gasteiger partial charge >= 0.3 is 0 Å². The molecule has 0 fully saturated rings. The van der Waals surface area contributed by atoms with Crippen LogP contribution in [0.25, 0.3) is 0 Å². The Morgan fingerprint density at radius 3 is 2.00 bits per heavy atom. The van der Waals surface area contributed by atoms with Gasteiger partial charge in [0.2, 0.25) is 0 Å². The number of rotatable bonds is 2. The van der Waals surface area contributed by atoms with Gasteiger partial charge in [-0.25, -0.2) is 0 Å². The first kappa shape index (κ1) is 8.04. The van der Waals surface area contributed by atoms with Crippen molar-refractivity contribution in [2.24, 2.45) is 0 Å². The average molecular weight is 234 g/mol. The summed E-state index contributed by atoms with van der Waals surface area (Å²) in [5.41, 5.74) is 0. The maximum atomic E-state index is 8.42. The van der Waals surface area contributed by atoms with Gasteiger partial charge in [-0.1, -0.05) is 0 Å². The molecule has 0 amide bonds. The zero-order valence-corrected chi connectivity index (χ0v) is 7.62. The summed E-state index contributed by atoms with van der Waals surface area (Å²) in [5, 5.41) is 8.42. The van der Waals surface area contributed by atoms with E-state index in [0.29, 0.717) is 6.61 Å². The highest BCUT2D eigenvalue weighted by Gasteiger charge is 2.02. The Labute approximate surface area is 58.4 Å². The van der Waals surface area contributed by atoms with E-state index in [-0.39, 0.29) is 0 Å². The lowest BCUT2D eigenvalue weighted by Crippen LogP contribution is -1.96. The molecule has 0 aliphatic carbocycles. The lowest BCUT2D eigenvalue weighted by Gasteiger charge is -2.19. The number of aliphatic hydroxyl groups excluding tert-OH is 1. The number of hydrogen-bond acceptors (Lipinski definition) is 1. The van der Waals surface area contributed by atoms with Crippen LogP contribution in [0, 0.1) is 0 Å². The molecule has 0 unspecified atom stereocenters. The van der Waals surface area contributed by atoms with Crippen LogP contribution in [0.15, 0.2) is 0 Å². The Kier molecular flexibility index (Phi) is 3.61. The summed E-state index contributed by atoms with van der Waals surface area (Å²) >= 11 is 2.40. The molecule has 3 heteroatoms. The molecule has 0 saturated carbocycles. The van der Waals surface area contributed by atoms with E-state index in [1.807, 2.05) is 0 Å². The third-order valence-corrected chi connectivity index (χ3v) is 3.05. The van der Waals surface area contributed by atoms with Gasteiger partial charge in [-0.15, -0.1) is 0 Å². The molecule has 1 nitrogen and oxygen atoms in total. The minimum absolute atomic E-state index is 0.339. The molecule has 0 rings (SSSR count). The zero-order chi connectivity index (χ0) is 5.91. The van der Waals surface area contributed by atoms with Crippen LogP contribution in [-0.4, -0.2) is 30.0 Å². The largest absolute Gasteiger partial charge is 0.396 e. The van der Waals surface area contributed by atoms with Gasteiger partial charge in [-0.2, -0.15) is 7.20 Å². The molecule has 0 aliphatic heterocycles. The van der Waals surface area contributed by atoms with Gasteiger partial charge in [0, 0.05) is 5.75 Å². The summed E-state index contributed by atoms with van der Waals surface area (Å²) in [6, 6.07) is 0. The first-order chi connectivity index (χ1) is 3.06. The molecule has 0 aliphatic rings. The summed E-state index contributed by atoms with van der Waals surface area (Å²) in [5.74, 6) is 0.966. The van der Waals surface area contributed by atoms with Gasteiger partial charge in [-0.05, 0) is 33.7 Å². The molecule has 0 aromatic carbocycles. The maximum absolute atomic E-state index is 8.42. The second kappa shape index (κ2) is 3.14. The molecule has 7 heavy (non-hydrogen) atoms. The third kappa shape index (κ3) is 7.04. The van der Waals surface area contributed by atoms with Crippen molar-refractivity contribution in [2.45, 2.75) is 0 Å². The predicted octanol–water partition coefficient (Wildman–Crippen LogP) is 1.39. The van der Waals surface area contributed by atoms with Crippen LogP contribution in [0.1, 0.15) is 0 Å². The van der Waals surface area contributed by atoms with E-state index in [1.54, 1.807) is 0 Å². The standard InChI is InChI=1S/C4H11IOS/c1-7(2,5)4-3-6/h6H,3-4H2,1-2H3. The molecule has 1 N–H and O–H groups in total. The van der Waals surface area contributed by atoms with Crippen molar-refractivity contribution in [1.82, 2.24) is 0 Å². The van der Waals surface area contributed by atoms with E-state index < -0.39 is 7.20 Å².